The minimum absolute atomic E-state index is 0.923. The number of ether oxygens (including phenoxy) is 1. The highest BCUT2D eigenvalue weighted by Gasteiger charge is 2.18. The van der Waals surface area contributed by atoms with Crippen molar-refractivity contribution < 1.29 is 4.74 Å². The van der Waals surface area contributed by atoms with Crippen LogP contribution in [0.2, 0.25) is 0 Å². The number of benzene rings is 1. The van der Waals surface area contributed by atoms with Gasteiger partial charge in [-0.2, -0.15) is 0 Å². The zero-order valence-corrected chi connectivity index (χ0v) is 17.0. The summed E-state index contributed by atoms with van der Waals surface area (Å²) < 4.78 is 11.3. The van der Waals surface area contributed by atoms with Crippen molar-refractivity contribution in [2.45, 2.75) is 6.92 Å². The Morgan fingerprint density at radius 1 is 1.00 bits per heavy atom. The summed E-state index contributed by atoms with van der Waals surface area (Å²) in [6, 6.07) is 6.30. The molecule has 2 heterocycles. The molecule has 0 radical (unpaired) electrons. The fraction of sp³-hybridized carbons (Fsp3) is 0.143. The standard InChI is InChI=1S/C14H9Br3OS2/c1-6-5-7(3-4-8(6)18-2)11-9(15)12-13(19-11)10(16)14(17)20-12/h3-5H,1-2H3. The number of thiophene rings is 2. The van der Waals surface area contributed by atoms with Gasteiger partial charge >= 0.3 is 0 Å². The molecule has 0 N–H and O–H groups in total. The lowest BCUT2D eigenvalue weighted by Gasteiger charge is -2.06. The van der Waals surface area contributed by atoms with Crippen molar-refractivity contribution in [2.75, 3.05) is 7.11 Å². The van der Waals surface area contributed by atoms with E-state index in [2.05, 4.69) is 66.8 Å². The number of halogens is 3. The molecule has 0 unspecified atom stereocenters. The second-order valence-electron chi connectivity index (χ2n) is 4.28. The fourth-order valence-corrected chi connectivity index (χ4v) is 6.90. The zero-order valence-electron chi connectivity index (χ0n) is 10.6. The molecular formula is C14H9Br3OS2. The van der Waals surface area contributed by atoms with E-state index >= 15 is 0 Å². The van der Waals surface area contributed by atoms with Crippen LogP contribution in [0, 0.1) is 6.92 Å². The van der Waals surface area contributed by atoms with Gasteiger partial charge in [0, 0.05) is 0 Å². The first kappa shape index (κ1) is 15.0. The van der Waals surface area contributed by atoms with Gasteiger partial charge in [0.1, 0.15) is 5.75 Å². The smallest absolute Gasteiger partial charge is 0.121 e. The van der Waals surface area contributed by atoms with Crippen molar-refractivity contribution in [2.24, 2.45) is 0 Å². The Balaban J connectivity index is 2.19. The largest absolute Gasteiger partial charge is 0.496 e. The molecule has 104 valence electrons. The molecule has 0 aliphatic heterocycles. The predicted molar refractivity (Wildman–Crippen MR) is 99.5 cm³/mol. The first-order chi connectivity index (χ1) is 9.52. The number of hydrogen-bond donors (Lipinski definition) is 0. The Bertz CT molecular complexity index is 804. The molecule has 0 aliphatic carbocycles. The van der Waals surface area contributed by atoms with Crippen molar-refractivity contribution in [3.63, 3.8) is 0 Å². The lowest BCUT2D eigenvalue weighted by atomic mass is 10.1. The third kappa shape index (κ3) is 2.39. The van der Waals surface area contributed by atoms with Gasteiger partial charge in [-0.15, -0.1) is 22.7 Å². The van der Waals surface area contributed by atoms with Crippen LogP contribution in [0.1, 0.15) is 5.56 Å². The fourth-order valence-electron chi connectivity index (χ4n) is 2.06. The monoisotopic (exact) mass is 494 g/mol. The third-order valence-electron chi connectivity index (χ3n) is 3.03. The van der Waals surface area contributed by atoms with Gasteiger partial charge in [-0.3, -0.25) is 0 Å². The molecule has 0 fully saturated rings. The molecule has 1 aromatic carbocycles. The molecule has 3 rings (SSSR count). The molecule has 0 saturated heterocycles. The Kier molecular flexibility index (Phi) is 4.30. The minimum Gasteiger partial charge on any atom is -0.496 e. The first-order valence-electron chi connectivity index (χ1n) is 5.73. The van der Waals surface area contributed by atoms with Crippen LogP contribution >= 0.6 is 70.5 Å². The normalized spacial score (nSPS) is 11.2. The van der Waals surface area contributed by atoms with E-state index in [1.54, 1.807) is 29.8 Å². The lowest BCUT2D eigenvalue weighted by Crippen LogP contribution is -1.87. The van der Waals surface area contributed by atoms with Crippen molar-refractivity contribution in [1.82, 2.24) is 0 Å². The summed E-state index contributed by atoms with van der Waals surface area (Å²) in [5.41, 5.74) is 2.36. The van der Waals surface area contributed by atoms with Crippen LogP contribution in [0.4, 0.5) is 0 Å². The highest BCUT2D eigenvalue weighted by Crippen LogP contribution is 2.51. The van der Waals surface area contributed by atoms with Crippen LogP contribution in [-0.2, 0) is 0 Å². The van der Waals surface area contributed by atoms with Crippen LogP contribution < -0.4 is 4.74 Å². The molecule has 0 amide bonds. The van der Waals surface area contributed by atoms with Crippen LogP contribution in [-0.4, -0.2) is 7.11 Å². The maximum Gasteiger partial charge on any atom is 0.121 e. The molecule has 3 aromatic rings. The van der Waals surface area contributed by atoms with Crippen molar-refractivity contribution >= 4 is 79.9 Å². The Morgan fingerprint density at radius 2 is 1.70 bits per heavy atom. The second kappa shape index (κ2) is 5.72. The van der Waals surface area contributed by atoms with Crippen LogP contribution in [0.15, 0.2) is 30.9 Å². The van der Waals surface area contributed by atoms with E-state index in [1.807, 2.05) is 6.07 Å². The Morgan fingerprint density at radius 3 is 2.30 bits per heavy atom. The summed E-state index contributed by atoms with van der Waals surface area (Å²) in [6.07, 6.45) is 0. The predicted octanol–water partition coefficient (Wildman–Crippen LogP) is 7.23. The van der Waals surface area contributed by atoms with E-state index < -0.39 is 0 Å². The molecule has 0 bridgehead atoms. The van der Waals surface area contributed by atoms with E-state index in [9.17, 15) is 0 Å². The van der Waals surface area contributed by atoms with Crippen LogP contribution in [0.5, 0.6) is 5.75 Å². The van der Waals surface area contributed by atoms with Crippen molar-refractivity contribution in [3.8, 4) is 16.2 Å². The van der Waals surface area contributed by atoms with E-state index in [-0.39, 0.29) is 0 Å². The minimum atomic E-state index is 0.923. The average Bonchev–Trinajstić information content (AvgIpc) is 2.89. The second-order valence-corrected chi connectivity index (χ2v) is 9.22. The summed E-state index contributed by atoms with van der Waals surface area (Å²) in [4.78, 5) is 1.25. The zero-order chi connectivity index (χ0) is 14.4. The third-order valence-corrected chi connectivity index (χ3v) is 9.46. The van der Waals surface area contributed by atoms with E-state index in [0.717, 1.165) is 19.6 Å². The molecule has 0 spiro atoms. The first-order valence-corrected chi connectivity index (χ1v) is 9.75. The van der Waals surface area contributed by atoms with Crippen molar-refractivity contribution in [3.05, 3.63) is 36.5 Å². The van der Waals surface area contributed by atoms with Gasteiger partial charge in [-0.1, -0.05) is 0 Å². The van der Waals surface area contributed by atoms with E-state index in [4.69, 9.17) is 4.74 Å². The highest BCUT2D eigenvalue weighted by molar-refractivity contribution is 9.13. The van der Waals surface area contributed by atoms with E-state index in [0.29, 0.717) is 0 Å². The summed E-state index contributed by atoms with van der Waals surface area (Å²) in [5.74, 6) is 0.923. The van der Waals surface area contributed by atoms with Gasteiger partial charge in [-0.25, -0.2) is 0 Å². The molecule has 20 heavy (non-hydrogen) atoms. The van der Waals surface area contributed by atoms with E-state index in [1.165, 1.54) is 24.3 Å². The average molecular weight is 497 g/mol. The Labute approximate surface area is 150 Å². The van der Waals surface area contributed by atoms with Gasteiger partial charge in [-0.05, 0) is 84.0 Å². The number of fused-ring (bicyclic) bond motifs is 1. The van der Waals surface area contributed by atoms with Gasteiger partial charge < -0.3 is 4.74 Å². The molecule has 2 aromatic heterocycles. The van der Waals surface area contributed by atoms with Gasteiger partial charge in [0.2, 0.25) is 0 Å². The number of rotatable bonds is 2. The molecule has 0 atom stereocenters. The molecule has 6 heteroatoms. The van der Waals surface area contributed by atoms with Crippen LogP contribution in [0.3, 0.4) is 0 Å². The highest BCUT2D eigenvalue weighted by atomic mass is 79.9. The maximum atomic E-state index is 5.32. The summed E-state index contributed by atoms with van der Waals surface area (Å²) in [6.45, 7) is 2.07. The summed E-state index contributed by atoms with van der Waals surface area (Å²) in [7, 11) is 1.70. The number of aryl methyl sites for hydroxylation is 1. The number of methoxy groups -OCH3 is 1. The van der Waals surface area contributed by atoms with Crippen molar-refractivity contribution in [1.29, 1.82) is 0 Å². The van der Waals surface area contributed by atoms with Gasteiger partial charge in [0.15, 0.2) is 0 Å². The quantitative estimate of drug-likeness (QED) is 0.363. The van der Waals surface area contributed by atoms with Crippen LogP contribution in [0.25, 0.3) is 19.8 Å². The molecule has 0 saturated carbocycles. The summed E-state index contributed by atoms with van der Waals surface area (Å²) >= 11 is 14.5. The maximum absolute atomic E-state index is 5.32. The van der Waals surface area contributed by atoms with Gasteiger partial charge in [0.25, 0.3) is 0 Å². The molecule has 0 aliphatic rings. The topological polar surface area (TPSA) is 9.23 Å². The Hall–Kier alpha value is 0.120. The number of hydrogen-bond acceptors (Lipinski definition) is 3. The molecule has 1 nitrogen and oxygen atoms in total. The lowest BCUT2D eigenvalue weighted by molar-refractivity contribution is 0.412. The SMILES string of the molecule is COc1ccc(-c2sc3c(Br)c(Br)sc3c2Br)cc1C. The van der Waals surface area contributed by atoms with Gasteiger partial charge in [0.05, 0.1) is 34.1 Å². The molecular weight excluding hydrogens is 488 g/mol. The summed E-state index contributed by atoms with van der Waals surface area (Å²) in [5, 5.41) is 0.